The van der Waals surface area contributed by atoms with Crippen LogP contribution in [-0.4, -0.2) is 20.1 Å². The summed E-state index contributed by atoms with van der Waals surface area (Å²) < 4.78 is 5.65. The molecule has 2 N–H and O–H groups in total. The van der Waals surface area contributed by atoms with Gasteiger partial charge in [0.1, 0.15) is 4.60 Å². The van der Waals surface area contributed by atoms with Gasteiger partial charge in [-0.05, 0) is 22.4 Å². The number of nitrogen functional groups attached to an aromatic ring is 1. The molecular weight excluding hydrogens is 274 g/mol. The Bertz CT molecular complexity index is 498. The van der Waals surface area contributed by atoms with Crippen molar-refractivity contribution in [2.24, 2.45) is 0 Å². The van der Waals surface area contributed by atoms with Crippen molar-refractivity contribution in [2.45, 2.75) is 19.8 Å². The zero-order valence-electron chi connectivity index (χ0n) is 8.64. The average molecular weight is 284 g/mol. The Morgan fingerprint density at radius 2 is 2.25 bits per heavy atom. The van der Waals surface area contributed by atoms with Crippen LogP contribution in [0.1, 0.15) is 19.2 Å². The molecule has 0 fully saturated rings. The van der Waals surface area contributed by atoms with E-state index in [9.17, 15) is 0 Å². The lowest BCUT2D eigenvalue weighted by Crippen LogP contribution is -1.97. The van der Waals surface area contributed by atoms with Gasteiger partial charge in [-0.25, -0.2) is 9.97 Å². The molecule has 0 amide bonds. The number of nitrogens with zero attached hydrogens (tertiary/aromatic N) is 4. The number of rotatable bonds is 3. The van der Waals surface area contributed by atoms with E-state index < -0.39 is 0 Å². The molecule has 7 heteroatoms. The molecule has 0 aliphatic carbocycles. The van der Waals surface area contributed by atoms with E-state index in [1.165, 1.54) is 6.20 Å². The fourth-order valence-corrected chi connectivity index (χ4v) is 1.49. The summed E-state index contributed by atoms with van der Waals surface area (Å²) in [6, 6.07) is 0. The van der Waals surface area contributed by atoms with Crippen LogP contribution in [0.15, 0.2) is 15.3 Å². The van der Waals surface area contributed by atoms with Gasteiger partial charge in [-0.2, -0.15) is 4.98 Å². The van der Waals surface area contributed by atoms with Crippen molar-refractivity contribution in [2.75, 3.05) is 5.73 Å². The third kappa shape index (κ3) is 2.19. The fourth-order valence-electron chi connectivity index (χ4n) is 1.21. The van der Waals surface area contributed by atoms with E-state index in [2.05, 4.69) is 36.0 Å². The molecule has 0 aliphatic rings. The number of hydrogen-bond donors (Lipinski definition) is 1. The van der Waals surface area contributed by atoms with Crippen LogP contribution in [0.25, 0.3) is 11.6 Å². The number of aryl methyl sites for hydroxylation is 1. The van der Waals surface area contributed by atoms with Crippen molar-refractivity contribution in [1.82, 2.24) is 20.1 Å². The van der Waals surface area contributed by atoms with Gasteiger partial charge in [0, 0.05) is 6.42 Å². The Balaban J connectivity index is 2.38. The van der Waals surface area contributed by atoms with E-state index in [1.54, 1.807) is 0 Å². The van der Waals surface area contributed by atoms with Gasteiger partial charge >= 0.3 is 0 Å². The van der Waals surface area contributed by atoms with Crippen molar-refractivity contribution >= 4 is 21.7 Å². The minimum atomic E-state index is 0.273. The van der Waals surface area contributed by atoms with Crippen LogP contribution in [0.3, 0.4) is 0 Å². The van der Waals surface area contributed by atoms with Gasteiger partial charge in [-0.15, -0.1) is 0 Å². The molecule has 0 aliphatic heterocycles. The molecule has 0 bridgehead atoms. The fraction of sp³-hybridized carbons (Fsp3) is 0.333. The van der Waals surface area contributed by atoms with Crippen molar-refractivity contribution in [3.8, 4) is 11.6 Å². The Kier molecular flexibility index (Phi) is 3.14. The van der Waals surface area contributed by atoms with Crippen molar-refractivity contribution in [3.63, 3.8) is 0 Å². The molecule has 0 unspecified atom stereocenters. The first-order valence-electron chi connectivity index (χ1n) is 4.81. The topological polar surface area (TPSA) is 90.7 Å². The summed E-state index contributed by atoms with van der Waals surface area (Å²) in [4.78, 5) is 12.3. The van der Waals surface area contributed by atoms with Gasteiger partial charge in [-0.1, -0.05) is 12.1 Å². The molecule has 6 nitrogen and oxygen atoms in total. The highest BCUT2D eigenvalue weighted by Gasteiger charge is 2.14. The highest BCUT2D eigenvalue weighted by molar-refractivity contribution is 9.10. The Morgan fingerprint density at radius 1 is 1.44 bits per heavy atom. The van der Waals surface area contributed by atoms with Crippen molar-refractivity contribution < 1.29 is 4.52 Å². The molecule has 84 valence electrons. The lowest BCUT2D eigenvalue weighted by Gasteiger charge is -1.98. The van der Waals surface area contributed by atoms with Gasteiger partial charge in [0.2, 0.25) is 0 Å². The minimum Gasteiger partial charge on any atom is -0.382 e. The maximum Gasteiger partial charge on any atom is 0.280 e. The molecule has 16 heavy (non-hydrogen) atoms. The summed E-state index contributed by atoms with van der Waals surface area (Å²) in [5, 5.41) is 3.83. The summed E-state index contributed by atoms with van der Waals surface area (Å²) >= 11 is 3.21. The SMILES string of the molecule is CCCc1noc(-c2nc(Br)cnc2N)n1. The maximum absolute atomic E-state index is 5.68. The first kappa shape index (κ1) is 11.0. The van der Waals surface area contributed by atoms with Gasteiger partial charge in [-0.3, -0.25) is 0 Å². The number of aromatic nitrogens is 4. The molecule has 2 aromatic heterocycles. The Morgan fingerprint density at radius 3 is 3.00 bits per heavy atom. The predicted octanol–water partition coefficient (Wildman–Crippen LogP) is 1.82. The third-order valence-corrected chi connectivity index (χ3v) is 2.30. The first-order chi connectivity index (χ1) is 7.70. The monoisotopic (exact) mass is 283 g/mol. The van der Waals surface area contributed by atoms with Crippen LogP contribution >= 0.6 is 15.9 Å². The molecule has 2 rings (SSSR count). The van der Waals surface area contributed by atoms with Crippen molar-refractivity contribution in [3.05, 3.63) is 16.6 Å². The van der Waals surface area contributed by atoms with E-state index in [-0.39, 0.29) is 5.82 Å². The van der Waals surface area contributed by atoms with E-state index in [4.69, 9.17) is 10.3 Å². The summed E-state index contributed by atoms with van der Waals surface area (Å²) in [5.74, 6) is 1.23. The Labute approximate surface area is 100 Å². The highest BCUT2D eigenvalue weighted by atomic mass is 79.9. The summed E-state index contributed by atoms with van der Waals surface area (Å²) in [6.45, 7) is 2.04. The Hall–Kier alpha value is -1.50. The molecule has 0 radical (unpaired) electrons. The second-order valence-corrected chi connectivity index (χ2v) is 4.00. The zero-order valence-corrected chi connectivity index (χ0v) is 10.2. The third-order valence-electron chi connectivity index (χ3n) is 1.92. The predicted molar refractivity (Wildman–Crippen MR) is 61.4 cm³/mol. The van der Waals surface area contributed by atoms with Crippen molar-refractivity contribution in [1.29, 1.82) is 0 Å². The minimum absolute atomic E-state index is 0.273. The number of anilines is 1. The lowest BCUT2D eigenvalue weighted by atomic mass is 10.3. The van der Waals surface area contributed by atoms with E-state index in [0.717, 1.165) is 12.8 Å². The average Bonchev–Trinajstić information content (AvgIpc) is 2.71. The second-order valence-electron chi connectivity index (χ2n) is 3.19. The lowest BCUT2D eigenvalue weighted by molar-refractivity contribution is 0.421. The van der Waals surface area contributed by atoms with E-state index >= 15 is 0 Å². The number of hydrogen-bond acceptors (Lipinski definition) is 6. The number of halogens is 1. The van der Waals surface area contributed by atoms with Gasteiger partial charge in [0.15, 0.2) is 17.3 Å². The molecular formula is C9H10BrN5O. The normalized spacial score (nSPS) is 10.6. The van der Waals surface area contributed by atoms with Gasteiger partial charge < -0.3 is 10.3 Å². The first-order valence-corrected chi connectivity index (χ1v) is 5.61. The summed E-state index contributed by atoms with van der Waals surface area (Å²) in [7, 11) is 0. The van der Waals surface area contributed by atoms with E-state index in [0.29, 0.717) is 22.0 Å². The van der Waals surface area contributed by atoms with Crippen LogP contribution in [-0.2, 0) is 6.42 Å². The van der Waals surface area contributed by atoms with Crippen LogP contribution in [0, 0.1) is 0 Å². The largest absolute Gasteiger partial charge is 0.382 e. The van der Waals surface area contributed by atoms with Crippen LogP contribution in [0.2, 0.25) is 0 Å². The molecule has 0 spiro atoms. The van der Waals surface area contributed by atoms with E-state index in [1.807, 2.05) is 6.92 Å². The number of nitrogens with two attached hydrogens (primary N) is 1. The smallest absolute Gasteiger partial charge is 0.280 e. The molecule has 0 saturated heterocycles. The molecule has 0 saturated carbocycles. The summed E-state index contributed by atoms with van der Waals surface area (Å²) in [5.41, 5.74) is 6.09. The van der Waals surface area contributed by atoms with Crippen LogP contribution < -0.4 is 5.73 Å². The maximum atomic E-state index is 5.68. The van der Waals surface area contributed by atoms with Crippen LogP contribution in [0.4, 0.5) is 5.82 Å². The standard InChI is InChI=1S/C9H10BrN5O/c1-2-3-6-14-9(16-15-6)7-8(11)12-4-5(10)13-7/h4H,2-3H2,1H3,(H2,11,12). The van der Waals surface area contributed by atoms with Gasteiger partial charge in [0.25, 0.3) is 5.89 Å². The second kappa shape index (κ2) is 4.56. The zero-order chi connectivity index (χ0) is 11.5. The van der Waals surface area contributed by atoms with Crippen LogP contribution in [0.5, 0.6) is 0 Å². The molecule has 0 atom stereocenters. The molecule has 2 aromatic rings. The molecule has 2 heterocycles. The highest BCUT2D eigenvalue weighted by Crippen LogP contribution is 2.21. The quantitative estimate of drug-likeness (QED) is 0.924. The summed E-state index contributed by atoms with van der Waals surface area (Å²) in [6.07, 6.45) is 3.24. The molecule has 0 aromatic carbocycles. The van der Waals surface area contributed by atoms with Gasteiger partial charge in [0.05, 0.1) is 6.20 Å².